The number of rotatable bonds is 1. The van der Waals surface area contributed by atoms with Crippen LogP contribution in [0.15, 0.2) is 0 Å². The molecule has 1 aliphatic rings. The topological polar surface area (TPSA) is 50.8 Å². The SMILES string of the molecule is CON1C(C)(C)CNC(=O)C(C)(C)OCC1(C)C. The first-order chi connectivity index (χ1) is 8.03. The lowest BCUT2D eigenvalue weighted by Gasteiger charge is -2.45. The molecule has 0 unspecified atom stereocenters. The second kappa shape index (κ2) is 4.79. The van der Waals surface area contributed by atoms with Crippen molar-refractivity contribution < 1.29 is 14.4 Å². The van der Waals surface area contributed by atoms with Crippen LogP contribution in [0.1, 0.15) is 41.5 Å². The second-order valence-electron chi connectivity index (χ2n) is 6.58. The van der Waals surface area contributed by atoms with Crippen LogP contribution in [0.2, 0.25) is 0 Å². The molecule has 1 fully saturated rings. The molecule has 0 aliphatic carbocycles. The summed E-state index contributed by atoms with van der Waals surface area (Å²) in [5.41, 5.74) is -1.45. The fourth-order valence-corrected chi connectivity index (χ4v) is 2.38. The van der Waals surface area contributed by atoms with E-state index in [1.54, 1.807) is 21.0 Å². The number of ether oxygens (including phenoxy) is 1. The minimum atomic E-state index is -0.822. The fourth-order valence-electron chi connectivity index (χ4n) is 2.38. The number of carbonyl (C=O) groups is 1. The Morgan fingerprint density at radius 2 is 1.72 bits per heavy atom. The maximum absolute atomic E-state index is 12.0. The highest BCUT2D eigenvalue weighted by atomic mass is 16.7. The molecule has 5 nitrogen and oxygen atoms in total. The quantitative estimate of drug-likeness (QED) is 0.771. The Morgan fingerprint density at radius 1 is 1.17 bits per heavy atom. The van der Waals surface area contributed by atoms with Crippen LogP contribution in [0, 0.1) is 0 Å². The zero-order valence-corrected chi connectivity index (χ0v) is 12.6. The summed E-state index contributed by atoms with van der Waals surface area (Å²) in [7, 11) is 1.65. The zero-order valence-electron chi connectivity index (χ0n) is 12.6. The fraction of sp³-hybridized carbons (Fsp3) is 0.923. The largest absolute Gasteiger partial charge is 0.364 e. The molecule has 1 heterocycles. The van der Waals surface area contributed by atoms with E-state index in [0.717, 1.165) is 0 Å². The third-order valence-corrected chi connectivity index (χ3v) is 3.30. The molecule has 1 saturated heterocycles. The van der Waals surface area contributed by atoms with E-state index in [0.29, 0.717) is 13.2 Å². The molecule has 1 amide bonds. The van der Waals surface area contributed by atoms with Crippen molar-refractivity contribution in [3.8, 4) is 0 Å². The number of hydrogen-bond acceptors (Lipinski definition) is 4. The van der Waals surface area contributed by atoms with E-state index in [-0.39, 0.29) is 17.0 Å². The van der Waals surface area contributed by atoms with Crippen molar-refractivity contribution in [3.63, 3.8) is 0 Å². The van der Waals surface area contributed by atoms with Gasteiger partial charge in [0.25, 0.3) is 5.91 Å². The Labute approximate surface area is 110 Å². The van der Waals surface area contributed by atoms with Crippen molar-refractivity contribution in [1.29, 1.82) is 0 Å². The number of nitrogens with one attached hydrogen (secondary N) is 1. The first kappa shape index (κ1) is 15.4. The first-order valence-electron chi connectivity index (χ1n) is 6.30. The lowest BCUT2D eigenvalue weighted by atomic mass is 9.97. The van der Waals surface area contributed by atoms with Crippen LogP contribution in [0.5, 0.6) is 0 Å². The molecule has 106 valence electrons. The predicted octanol–water partition coefficient (Wildman–Crippen LogP) is 1.33. The van der Waals surface area contributed by atoms with Gasteiger partial charge in [-0.15, -0.1) is 0 Å². The standard InChI is InChI=1S/C13H26N2O3/c1-11(2)8-14-10(16)13(5,6)18-9-12(3,4)15(11)17-7/h8-9H2,1-7H3,(H,14,16). The van der Waals surface area contributed by atoms with Crippen molar-refractivity contribution in [1.82, 2.24) is 10.4 Å². The zero-order chi connectivity index (χ0) is 14.2. The molecule has 0 atom stereocenters. The summed E-state index contributed by atoms with van der Waals surface area (Å²) >= 11 is 0. The molecule has 0 aromatic rings. The van der Waals surface area contributed by atoms with Crippen LogP contribution in [0.4, 0.5) is 0 Å². The number of carbonyl (C=O) groups excluding carboxylic acids is 1. The van der Waals surface area contributed by atoms with Gasteiger partial charge in [0.2, 0.25) is 0 Å². The number of amides is 1. The van der Waals surface area contributed by atoms with E-state index < -0.39 is 5.60 Å². The van der Waals surface area contributed by atoms with Gasteiger partial charge in [0, 0.05) is 6.54 Å². The van der Waals surface area contributed by atoms with Crippen LogP contribution in [-0.2, 0) is 14.4 Å². The van der Waals surface area contributed by atoms with E-state index in [2.05, 4.69) is 5.32 Å². The maximum Gasteiger partial charge on any atom is 0.251 e. The van der Waals surface area contributed by atoms with Crippen molar-refractivity contribution in [2.24, 2.45) is 0 Å². The Hall–Kier alpha value is -0.650. The van der Waals surface area contributed by atoms with E-state index in [1.165, 1.54) is 0 Å². The van der Waals surface area contributed by atoms with Crippen LogP contribution >= 0.6 is 0 Å². The van der Waals surface area contributed by atoms with Gasteiger partial charge in [0.15, 0.2) is 0 Å². The molecule has 0 aromatic carbocycles. The van der Waals surface area contributed by atoms with E-state index in [4.69, 9.17) is 9.57 Å². The molecule has 1 N–H and O–H groups in total. The van der Waals surface area contributed by atoms with Crippen LogP contribution < -0.4 is 5.32 Å². The Bertz CT molecular complexity index is 324. The average Bonchev–Trinajstić information content (AvgIpc) is 2.24. The van der Waals surface area contributed by atoms with Crippen molar-refractivity contribution in [2.75, 3.05) is 20.3 Å². The van der Waals surface area contributed by atoms with E-state index in [1.807, 2.05) is 32.8 Å². The van der Waals surface area contributed by atoms with Gasteiger partial charge in [-0.3, -0.25) is 4.79 Å². The third-order valence-electron chi connectivity index (χ3n) is 3.30. The van der Waals surface area contributed by atoms with E-state index >= 15 is 0 Å². The van der Waals surface area contributed by atoms with Crippen LogP contribution in [0.3, 0.4) is 0 Å². The first-order valence-corrected chi connectivity index (χ1v) is 6.30. The minimum Gasteiger partial charge on any atom is -0.364 e. The summed E-state index contributed by atoms with van der Waals surface area (Å²) < 4.78 is 5.77. The molecule has 0 aromatic heterocycles. The molecular formula is C13H26N2O3. The average molecular weight is 258 g/mol. The summed E-state index contributed by atoms with van der Waals surface area (Å²) in [6, 6.07) is 0. The highest BCUT2D eigenvalue weighted by molar-refractivity contribution is 5.84. The smallest absolute Gasteiger partial charge is 0.251 e. The van der Waals surface area contributed by atoms with Crippen LogP contribution in [0.25, 0.3) is 0 Å². The number of nitrogens with zero attached hydrogens (tertiary/aromatic N) is 1. The van der Waals surface area contributed by atoms with Gasteiger partial charge in [-0.1, -0.05) is 0 Å². The molecular weight excluding hydrogens is 232 g/mol. The Morgan fingerprint density at radius 3 is 2.22 bits per heavy atom. The predicted molar refractivity (Wildman–Crippen MR) is 70.0 cm³/mol. The van der Waals surface area contributed by atoms with Crippen molar-refractivity contribution in [3.05, 3.63) is 0 Å². The van der Waals surface area contributed by atoms with Gasteiger partial charge in [0.05, 0.1) is 24.8 Å². The lowest BCUT2D eigenvalue weighted by Crippen LogP contribution is -2.59. The lowest BCUT2D eigenvalue weighted by molar-refractivity contribution is -0.257. The number of hydrogen-bond donors (Lipinski definition) is 1. The van der Waals surface area contributed by atoms with Gasteiger partial charge in [-0.05, 0) is 41.5 Å². The molecule has 5 heteroatoms. The molecule has 0 saturated carbocycles. The van der Waals surface area contributed by atoms with Crippen molar-refractivity contribution in [2.45, 2.75) is 58.2 Å². The maximum atomic E-state index is 12.0. The summed E-state index contributed by atoms with van der Waals surface area (Å²) in [5.74, 6) is -0.0932. The molecule has 0 bridgehead atoms. The van der Waals surface area contributed by atoms with Gasteiger partial charge < -0.3 is 14.9 Å². The summed E-state index contributed by atoms with van der Waals surface area (Å²) in [6.07, 6.45) is 0. The highest BCUT2D eigenvalue weighted by Crippen LogP contribution is 2.28. The van der Waals surface area contributed by atoms with Crippen LogP contribution in [-0.4, -0.2) is 47.9 Å². The summed E-state index contributed by atoms with van der Waals surface area (Å²) in [4.78, 5) is 17.6. The van der Waals surface area contributed by atoms with Gasteiger partial charge in [0.1, 0.15) is 5.60 Å². The Kier molecular flexibility index (Phi) is 4.10. The highest BCUT2D eigenvalue weighted by Gasteiger charge is 2.43. The molecule has 18 heavy (non-hydrogen) atoms. The van der Waals surface area contributed by atoms with Gasteiger partial charge in [-0.25, -0.2) is 0 Å². The van der Waals surface area contributed by atoms with Gasteiger partial charge in [-0.2, -0.15) is 5.06 Å². The second-order valence-corrected chi connectivity index (χ2v) is 6.58. The summed E-state index contributed by atoms with van der Waals surface area (Å²) in [6.45, 7) is 12.7. The molecule has 0 spiro atoms. The summed E-state index contributed by atoms with van der Waals surface area (Å²) in [5, 5.41) is 4.81. The van der Waals surface area contributed by atoms with Crippen molar-refractivity contribution >= 4 is 5.91 Å². The monoisotopic (exact) mass is 258 g/mol. The Balaban J connectivity index is 3.08. The molecule has 1 aliphatic heterocycles. The number of hydroxylamine groups is 2. The van der Waals surface area contributed by atoms with E-state index in [9.17, 15) is 4.79 Å². The molecule has 0 radical (unpaired) electrons. The molecule has 1 rings (SSSR count). The normalized spacial score (nSPS) is 27.8. The van der Waals surface area contributed by atoms with Gasteiger partial charge >= 0.3 is 0 Å². The third kappa shape index (κ3) is 3.02. The minimum absolute atomic E-state index is 0.0932.